The van der Waals surface area contributed by atoms with E-state index < -0.39 is 0 Å². The van der Waals surface area contributed by atoms with Gasteiger partial charge in [-0.05, 0) is 31.1 Å². The first-order valence-electron chi connectivity index (χ1n) is 3.95. The van der Waals surface area contributed by atoms with Crippen LogP contribution >= 0.6 is 11.6 Å². The molecule has 0 saturated heterocycles. The Labute approximate surface area is 82.8 Å². The predicted octanol–water partition coefficient (Wildman–Crippen LogP) is 3.06. The average molecular weight is 195 g/mol. The summed E-state index contributed by atoms with van der Waals surface area (Å²) in [7, 11) is 0. The number of hydrogen-bond donors (Lipinski definition) is 1. The van der Waals surface area contributed by atoms with Crippen LogP contribution in [0.15, 0.2) is 39.5 Å². The van der Waals surface area contributed by atoms with Crippen molar-refractivity contribution in [3.63, 3.8) is 0 Å². The maximum absolute atomic E-state index is 7.51. The number of halogens is 1. The van der Waals surface area contributed by atoms with E-state index in [1.54, 1.807) is 25.3 Å². The van der Waals surface area contributed by atoms with E-state index in [1.165, 1.54) is 0 Å². The summed E-state index contributed by atoms with van der Waals surface area (Å²) < 4.78 is 0. The SMILES string of the molecule is CC(=N)C1=C(C)C=NC(Cl)=CC=C1. The third-order valence-corrected chi connectivity index (χ3v) is 1.93. The molecule has 0 fully saturated rings. The second-order valence-electron chi connectivity index (χ2n) is 2.83. The molecule has 0 aromatic rings. The Morgan fingerprint density at radius 3 is 2.85 bits per heavy atom. The molecule has 0 atom stereocenters. The minimum Gasteiger partial charge on any atom is -0.305 e. The summed E-state index contributed by atoms with van der Waals surface area (Å²) in [5.74, 6) is 0. The number of aliphatic imine (C=N–C) groups is 1. The van der Waals surface area contributed by atoms with E-state index >= 15 is 0 Å². The minimum atomic E-state index is 0.456. The Kier molecular flexibility index (Phi) is 3.20. The number of nitrogens with one attached hydrogen (secondary N) is 1. The molecular formula is C10H11ClN2. The molecule has 0 unspecified atom stereocenters. The molecule has 68 valence electrons. The maximum Gasteiger partial charge on any atom is 0.129 e. The molecule has 0 bridgehead atoms. The van der Waals surface area contributed by atoms with Crippen LogP contribution in [0.4, 0.5) is 0 Å². The van der Waals surface area contributed by atoms with Crippen molar-refractivity contribution < 1.29 is 0 Å². The van der Waals surface area contributed by atoms with Crippen LogP contribution in [-0.4, -0.2) is 11.9 Å². The van der Waals surface area contributed by atoms with Crippen molar-refractivity contribution in [3.05, 3.63) is 34.5 Å². The summed E-state index contributed by atoms with van der Waals surface area (Å²) in [5.41, 5.74) is 2.38. The molecule has 1 aliphatic heterocycles. The quantitative estimate of drug-likeness (QED) is 0.492. The lowest BCUT2D eigenvalue weighted by molar-refractivity contribution is 1.41. The molecule has 0 spiro atoms. The lowest BCUT2D eigenvalue weighted by Gasteiger charge is -2.03. The van der Waals surface area contributed by atoms with Crippen molar-refractivity contribution in [1.29, 1.82) is 5.41 Å². The molecule has 0 aromatic carbocycles. The molecule has 0 amide bonds. The van der Waals surface area contributed by atoms with Gasteiger partial charge in [-0.1, -0.05) is 23.8 Å². The molecule has 13 heavy (non-hydrogen) atoms. The van der Waals surface area contributed by atoms with Crippen LogP contribution in [0.3, 0.4) is 0 Å². The number of allylic oxidation sites excluding steroid dienone is 5. The van der Waals surface area contributed by atoms with Crippen molar-refractivity contribution in [1.82, 2.24) is 0 Å². The van der Waals surface area contributed by atoms with Crippen LogP contribution in [0.2, 0.25) is 0 Å². The van der Waals surface area contributed by atoms with E-state index in [4.69, 9.17) is 17.0 Å². The predicted molar refractivity (Wildman–Crippen MR) is 57.7 cm³/mol. The molecular weight excluding hydrogens is 184 g/mol. The van der Waals surface area contributed by atoms with Gasteiger partial charge in [-0.2, -0.15) is 0 Å². The minimum absolute atomic E-state index is 0.456. The Bertz CT molecular complexity index is 346. The first kappa shape index (κ1) is 9.93. The Hall–Kier alpha value is -1.15. The zero-order valence-electron chi connectivity index (χ0n) is 7.63. The van der Waals surface area contributed by atoms with Crippen molar-refractivity contribution in [2.24, 2.45) is 4.99 Å². The van der Waals surface area contributed by atoms with Gasteiger partial charge >= 0.3 is 0 Å². The number of rotatable bonds is 1. The van der Waals surface area contributed by atoms with E-state index in [-0.39, 0.29) is 0 Å². The summed E-state index contributed by atoms with van der Waals surface area (Å²) in [6.45, 7) is 3.67. The molecule has 0 aromatic heterocycles. The van der Waals surface area contributed by atoms with Crippen LogP contribution in [0.1, 0.15) is 13.8 Å². The van der Waals surface area contributed by atoms with E-state index in [1.807, 2.05) is 13.0 Å². The number of hydrogen-bond acceptors (Lipinski definition) is 2. The van der Waals surface area contributed by atoms with Gasteiger partial charge in [0.1, 0.15) is 5.16 Å². The average Bonchev–Trinajstić information content (AvgIpc) is 2.05. The highest BCUT2D eigenvalue weighted by Crippen LogP contribution is 2.12. The van der Waals surface area contributed by atoms with E-state index in [0.29, 0.717) is 10.9 Å². The van der Waals surface area contributed by atoms with Crippen molar-refractivity contribution >= 4 is 23.5 Å². The van der Waals surface area contributed by atoms with Crippen molar-refractivity contribution in [3.8, 4) is 0 Å². The van der Waals surface area contributed by atoms with Crippen molar-refractivity contribution in [2.75, 3.05) is 0 Å². The smallest absolute Gasteiger partial charge is 0.129 e. The summed E-state index contributed by atoms with van der Waals surface area (Å²) in [5, 5.41) is 7.97. The highest BCUT2D eigenvalue weighted by Gasteiger charge is 2.01. The lowest BCUT2D eigenvalue weighted by atomic mass is 10.1. The Balaban J connectivity index is 3.10. The zero-order valence-corrected chi connectivity index (χ0v) is 8.39. The van der Waals surface area contributed by atoms with Gasteiger partial charge in [-0.15, -0.1) is 0 Å². The monoisotopic (exact) mass is 194 g/mol. The van der Waals surface area contributed by atoms with Crippen LogP contribution in [0, 0.1) is 5.41 Å². The fourth-order valence-corrected chi connectivity index (χ4v) is 1.17. The van der Waals surface area contributed by atoms with E-state index in [9.17, 15) is 0 Å². The largest absolute Gasteiger partial charge is 0.305 e. The van der Waals surface area contributed by atoms with Gasteiger partial charge in [0.05, 0.1) is 0 Å². The summed E-state index contributed by atoms with van der Waals surface area (Å²) in [4.78, 5) is 3.99. The van der Waals surface area contributed by atoms with Crippen LogP contribution in [-0.2, 0) is 0 Å². The van der Waals surface area contributed by atoms with E-state index in [2.05, 4.69) is 4.99 Å². The number of nitrogens with zero attached hydrogens (tertiary/aromatic N) is 1. The van der Waals surface area contributed by atoms with Crippen LogP contribution in [0.25, 0.3) is 0 Å². The third kappa shape index (κ3) is 2.67. The molecule has 1 rings (SSSR count). The first-order valence-corrected chi connectivity index (χ1v) is 4.33. The van der Waals surface area contributed by atoms with Crippen LogP contribution in [0.5, 0.6) is 0 Å². The maximum atomic E-state index is 7.51. The highest BCUT2D eigenvalue weighted by molar-refractivity contribution is 6.30. The fourth-order valence-electron chi connectivity index (χ4n) is 1.05. The van der Waals surface area contributed by atoms with Crippen LogP contribution < -0.4 is 0 Å². The third-order valence-electron chi connectivity index (χ3n) is 1.71. The molecule has 0 aliphatic carbocycles. The van der Waals surface area contributed by atoms with Gasteiger partial charge in [-0.25, -0.2) is 4.99 Å². The van der Waals surface area contributed by atoms with E-state index in [0.717, 1.165) is 11.1 Å². The standard InChI is InChI=1S/C10H11ClN2/c1-7-6-13-10(11)5-3-4-9(7)8(2)12/h3-6,12H,1-2H3. The molecule has 1 aliphatic rings. The van der Waals surface area contributed by atoms with Gasteiger partial charge in [0.2, 0.25) is 0 Å². The highest BCUT2D eigenvalue weighted by atomic mass is 35.5. The molecule has 2 nitrogen and oxygen atoms in total. The van der Waals surface area contributed by atoms with Gasteiger partial charge < -0.3 is 5.41 Å². The Morgan fingerprint density at radius 2 is 2.23 bits per heavy atom. The fraction of sp³-hybridized carbons (Fsp3) is 0.200. The Morgan fingerprint density at radius 1 is 1.54 bits per heavy atom. The normalized spacial score (nSPS) is 16.7. The molecule has 0 radical (unpaired) electrons. The molecule has 3 heteroatoms. The zero-order chi connectivity index (χ0) is 9.84. The van der Waals surface area contributed by atoms with Gasteiger partial charge in [-0.3, -0.25) is 0 Å². The summed E-state index contributed by atoms with van der Waals surface area (Å²) in [6, 6.07) is 0. The lowest BCUT2D eigenvalue weighted by Crippen LogP contribution is -1.98. The summed E-state index contributed by atoms with van der Waals surface area (Å²) in [6.07, 6.45) is 7.05. The topological polar surface area (TPSA) is 36.2 Å². The molecule has 1 N–H and O–H groups in total. The second-order valence-corrected chi connectivity index (χ2v) is 3.22. The summed E-state index contributed by atoms with van der Waals surface area (Å²) >= 11 is 5.72. The van der Waals surface area contributed by atoms with Gasteiger partial charge in [0.25, 0.3) is 0 Å². The van der Waals surface area contributed by atoms with Gasteiger partial charge in [0, 0.05) is 11.9 Å². The molecule has 1 heterocycles. The van der Waals surface area contributed by atoms with Gasteiger partial charge in [0.15, 0.2) is 0 Å². The van der Waals surface area contributed by atoms with Crippen molar-refractivity contribution in [2.45, 2.75) is 13.8 Å². The second kappa shape index (κ2) is 4.19. The first-order chi connectivity index (χ1) is 6.11. The molecule has 0 saturated carbocycles.